The number of benzene rings is 4. The largest absolute Gasteiger partial charge is 0.411 e. The van der Waals surface area contributed by atoms with Crippen molar-refractivity contribution in [3.63, 3.8) is 0 Å². The van der Waals surface area contributed by atoms with E-state index in [4.69, 9.17) is 0 Å². The zero-order valence-corrected chi connectivity index (χ0v) is 25.2. The molecule has 0 fully saturated rings. The number of amides is 4. The first-order valence-electron chi connectivity index (χ1n) is 14.2. The third-order valence-corrected chi connectivity index (χ3v) is 8.68. The van der Waals surface area contributed by atoms with Crippen molar-refractivity contribution < 1.29 is 45.5 Å². The number of fused-ring (bicyclic) bond motifs is 2. The summed E-state index contributed by atoms with van der Waals surface area (Å²) in [5, 5.41) is 0. The molecule has 2 heterocycles. The smallest absolute Gasteiger partial charge is 0.268 e. The van der Waals surface area contributed by atoms with Gasteiger partial charge >= 0.3 is 12.4 Å². The van der Waals surface area contributed by atoms with E-state index in [1.54, 1.807) is 52.0 Å². The van der Waals surface area contributed by atoms with Crippen LogP contribution in [-0.2, 0) is 5.41 Å². The van der Waals surface area contributed by atoms with Crippen molar-refractivity contribution in [2.75, 3.05) is 9.80 Å². The van der Waals surface area contributed by atoms with Gasteiger partial charge in [0.15, 0.2) is 0 Å². The summed E-state index contributed by atoms with van der Waals surface area (Å²) in [5.74, 6) is -3.98. The predicted molar refractivity (Wildman–Crippen MR) is 160 cm³/mol. The van der Waals surface area contributed by atoms with Crippen LogP contribution in [0.15, 0.2) is 72.8 Å². The molecule has 12 heteroatoms. The Kier molecular flexibility index (Phi) is 7.00. The molecule has 0 saturated heterocycles. The lowest BCUT2D eigenvalue weighted by Crippen LogP contribution is -2.55. The molecule has 47 heavy (non-hydrogen) atoms. The van der Waals surface area contributed by atoms with E-state index in [1.165, 1.54) is 12.1 Å². The number of nitrogens with zero attached hydrogens (tertiary/aromatic N) is 2. The SMILES string of the molecule is Cc1ccc(N2C(=O)c3ccc(C(c4ccc5c(c4)C(=O)N(c4ccc(C)cc4C)C5=O)(C(F)(F)F)C(F)(F)F)cc3C2=O)c(C)c1. The molecular weight excluding hydrogens is 626 g/mol. The maximum atomic E-state index is 15.1. The average Bonchev–Trinajstić information content (AvgIpc) is 3.36. The van der Waals surface area contributed by atoms with Crippen LogP contribution in [-0.4, -0.2) is 36.0 Å². The summed E-state index contributed by atoms with van der Waals surface area (Å²) in [4.78, 5) is 54.8. The number of rotatable bonds is 4. The van der Waals surface area contributed by atoms with Gasteiger partial charge in [0.25, 0.3) is 23.6 Å². The van der Waals surface area contributed by atoms with Gasteiger partial charge in [-0.1, -0.05) is 47.5 Å². The highest BCUT2D eigenvalue weighted by Crippen LogP contribution is 2.57. The van der Waals surface area contributed by atoms with E-state index in [1.807, 2.05) is 0 Å². The predicted octanol–water partition coefficient (Wildman–Crippen LogP) is 7.93. The summed E-state index contributed by atoms with van der Waals surface area (Å²) in [6.45, 7) is 6.75. The van der Waals surface area contributed by atoms with E-state index in [0.717, 1.165) is 23.3 Å². The highest BCUT2D eigenvalue weighted by molar-refractivity contribution is 6.35. The second-order valence-electron chi connectivity index (χ2n) is 11.7. The Bertz CT molecular complexity index is 1920. The third kappa shape index (κ3) is 4.49. The number of alkyl halides is 6. The molecule has 0 saturated carbocycles. The van der Waals surface area contributed by atoms with Crippen molar-refractivity contribution in [3.8, 4) is 0 Å². The highest BCUT2D eigenvalue weighted by atomic mass is 19.4. The van der Waals surface area contributed by atoms with Crippen molar-refractivity contribution in [1.29, 1.82) is 0 Å². The molecule has 0 radical (unpaired) electrons. The number of hydrogen-bond acceptors (Lipinski definition) is 4. The fraction of sp³-hybridized carbons (Fsp3) is 0.200. The maximum absolute atomic E-state index is 15.1. The van der Waals surface area contributed by atoms with Gasteiger partial charge in [-0.2, -0.15) is 26.3 Å². The number of anilines is 2. The van der Waals surface area contributed by atoms with Gasteiger partial charge in [0, 0.05) is 0 Å². The summed E-state index contributed by atoms with van der Waals surface area (Å²) in [7, 11) is 0. The molecule has 0 unspecified atom stereocenters. The van der Waals surface area contributed by atoms with E-state index < -0.39 is 63.7 Å². The second-order valence-corrected chi connectivity index (χ2v) is 11.7. The first-order valence-corrected chi connectivity index (χ1v) is 14.2. The minimum Gasteiger partial charge on any atom is -0.268 e. The monoisotopic (exact) mass is 650 g/mol. The summed E-state index contributed by atoms with van der Waals surface area (Å²) in [6, 6.07) is 12.9. The van der Waals surface area contributed by atoms with Gasteiger partial charge in [0.1, 0.15) is 0 Å². The number of halogens is 6. The Balaban J connectivity index is 1.52. The Morgan fingerprint density at radius 2 is 0.787 bits per heavy atom. The standard InChI is InChI=1S/C35H24F6N2O4/c1-17-5-11-27(19(3)13-17)42-29(44)23-9-7-21(15-25(23)31(42)46)33(34(36,37)38,35(39,40)41)22-8-10-24-26(16-22)32(47)43(30(24)45)28-12-6-18(2)14-20(28)4/h5-16H,1-4H3. The van der Waals surface area contributed by atoms with Gasteiger partial charge in [-0.25, -0.2) is 9.80 Å². The first kappa shape index (κ1) is 31.7. The van der Waals surface area contributed by atoms with Gasteiger partial charge < -0.3 is 0 Å². The molecule has 0 spiro atoms. The number of hydrogen-bond donors (Lipinski definition) is 0. The molecular formula is C35H24F6N2O4. The van der Waals surface area contributed by atoms with Crippen molar-refractivity contribution in [2.45, 2.75) is 45.5 Å². The molecule has 0 atom stereocenters. The summed E-state index contributed by atoms with van der Waals surface area (Å²) in [6.07, 6.45) is -12.1. The van der Waals surface area contributed by atoms with Gasteiger partial charge in [0.05, 0.1) is 33.6 Å². The lowest BCUT2D eigenvalue weighted by molar-refractivity contribution is -0.288. The van der Waals surface area contributed by atoms with Crippen LogP contribution in [0.1, 0.15) is 74.8 Å². The van der Waals surface area contributed by atoms with E-state index in [2.05, 4.69) is 0 Å². The minimum atomic E-state index is -6.06. The lowest BCUT2D eigenvalue weighted by atomic mass is 9.71. The zero-order chi connectivity index (χ0) is 34.4. The molecule has 0 aliphatic carbocycles. The van der Waals surface area contributed by atoms with Crippen LogP contribution in [0, 0.1) is 27.7 Å². The van der Waals surface area contributed by atoms with Gasteiger partial charge in [0.2, 0.25) is 5.41 Å². The molecule has 6 nitrogen and oxygen atoms in total. The summed E-state index contributed by atoms with van der Waals surface area (Å²) in [5.41, 5.74) is -6.67. The minimum absolute atomic E-state index is 0.136. The molecule has 0 bridgehead atoms. The van der Waals surface area contributed by atoms with Gasteiger partial charge in [-0.15, -0.1) is 0 Å². The van der Waals surface area contributed by atoms with Crippen molar-refractivity contribution >= 4 is 35.0 Å². The molecule has 4 amide bonds. The number of imide groups is 2. The molecule has 240 valence electrons. The second kappa shape index (κ2) is 10.4. The zero-order valence-electron chi connectivity index (χ0n) is 25.2. The fourth-order valence-corrected chi connectivity index (χ4v) is 6.48. The lowest BCUT2D eigenvalue weighted by Gasteiger charge is -2.38. The van der Waals surface area contributed by atoms with Gasteiger partial charge in [-0.3, -0.25) is 19.2 Å². The van der Waals surface area contributed by atoms with Crippen LogP contribution < -0.4 is 9.80 Å². The van der Waals surface area contributed by atoms with Crippen LogP contribution in [0.5, 0.6) is 0 Å². The van der Waals surface area contributed by atoms with Crippen molar-refractivity contribution in [1.82, 2.24) is 0 Å². The summed E-state index contributed by atoms with van der Waals surface area (Å²) >= 11 is 0. The van der Waals surface area contributed by atoms with Crippen LogP contribution in [0.4, 0.5) is 37.7 Å². The molecule has 0 N–H and O–H groups in total. The molecule has 2 aliphatic rings. The Morgan fingerprint density at radius 1 is 0.447 bits per heavy atom. The average molecular weight is 651 g/mol. The van der Waals surface area contributed by atoms with Crippen molar-refractivity contribution in [2.24, 2.45) is 0 Å². The molecule has 0 aromatic heterocycles. The Morgan fingerprint density at radius 3 is 1.11 bits per heavy atom. The van der Waals surface area contributed by atoms with Crippen LogP contribution in [0.2, 0.25) is 0 Å². The quantitative estimate of drug-likeness (QED) is 0.166. The summed E-state index contributed by atoms with van der Waals surface area (Å²) < 4.78 is 90.7. The highest BCUT2D eigenvalue weighted by Gasteiger charge is 2.73. The molecule has 4 aromatic carbocycles. The van der Waals surface area contributed by atoms with E-state index >= 15 is 26.3 Å². The first-order chi connectivity index (χ1) is 21.9. The Labute approximate surface area is 264 Å². The van der Waals surface area contributed by atoms with Crippen molar-refractivity contribution in [3.05, 3.63) is 128 Å². The third-order valence-electron chi connectivity index (χ3n) is 8.68. The molecule has 2 aliphatic heterocycles. The normalized spacial score (nSPS) is 15.1. The van der Waals surface area contributed by atoms with E-state index in [-0.39, 0.29) is 22.5 Å². The number of carbonyl (C=O) groups excluding carboxylic acids is 4. The molecule has 4 aromatic rings. The van der Waals surface area contributed by atoms with E-state index in [0.29, 0.717) is 45.2 Å². The van der Waals surface area contributed by atoms with Crippen LogP contribution in [0.3, 0.4) is 0 Å². The van der Waals surface area contributed by atoms with Gasteiger partial charge in [-0.05, 0) is 86.3 Å². The van der Waals surface area contributed by atoms with Crippen LogP contribution in [0.25, 0.3) is 0 Å². The fourth-order valence-electron chi connectivity index (χ4n) is 6.48. The Hall–Kier alpha value is -5.26. The topological polar surface area (TPSA) is 74.8 Å². The molecule has 6 rings (SSSR count). The number of aryl methyl sites for hydroxylation is 4. The maximum Gasteiger partial charge on any atom is 0.411 e. The van der Waals surface area contributed by atoms with Crippen LogP contribution >= 0.6 is 0 Å². The van der Waals surface area contributed by atoms with E-state index in [9.17, 15) is 19.2 Å². The number of carbonyl (C=O) groups is 4.